The van der Waals surface area contributed by atoms with Crippen molar-refractivity contribution in [1.82, 2.24) is 9.55 Å². The molecular formula is C30H26ClN5O3. The topological polar surface area (TPSA) is 96.3 Å². The molecule has 0 radical (unpaired) electrons. The summed E-state index contributed by atoms with van der Waals surface area (Å²) in [6, 6.07) is 21.1. The van der Waals surface area contributed by atoms with Gasteiger partial charge in [0.15, 0.2) is 0 Å². The molecule has 2 aromatic heterocycles. The molecule has 2 aliphatic heterocycles. The molecule has 0 aliphatic carbocycles. The number of amides is 2. The van der Waals surface area contributed by atoms with Crippen LogP contribution in [0, 0.1) is 5.92 Å². The number of aromatic nitrogens is 2. The number of hydrogen-bond donors (Lipinski definition) is 2. The van der Waals surface area contributed by atoms with E-state index >= 15 is 0 Å². The van der Waals surface area contributed by atoms with Crippen molar-refractivity contribution in [2.45, 2.75) is 18.9 Å². The van der Waals surface area contributed by atoms with Gasteiger partial charge in [-0.2, -0.15) is 0 Å². The summed E-state index contributed by atoms with van der Waals surface area (Å²) in [6.45, 7) is 2.11. The van der Waals surface area contributed by atoms with Crippen LogP contribution in [0.5, 0.6) is 0 Å². The fourth-order valence-electron chi connectivity index (χ4n) is 5.57. The Balaban J connectivity index is 1.32. The molecule has 196 valence electrons. The Morgan fingerprint density at radius 1 is 0.872 bits per heavy atom. The second-order valence-corrected chi connectivity index (χ2v) is 10.4. The maximum Gasteiger partial charge on any atom is 0.257 e. The minimum Gasteiger partial charge on any atom is -0.369 e. The number of carbonyl (C=O) groups is 2. The van der Waals surface area contributed by atoms with Crippen LogP contribution < -0.4 is 21.1 Å². The first-order chi connectivity index (χ1) is 18.9. The van der Waals surface area contributed by atoms with Gasteiger partial charge in [-0.25, -0.2) is 0 Å². The number of carbonyl (C=O) groups excluding carboxylic acids is 2. The van der Waals surface area contributed by atoms with Crippen LogP contribution in [0.15, 0.2) is 90.0 Å². The standard InChI is InChI=1S/C30H26ClN5O3/c31-23-7-9-24(10-8-23)33-29(38)20-6-11-27(25(14-20)34-30(39)21-3-2-12-32-15-21)35-16-19-13-22(18-35)26-4-1-5-28(37)36(26)17-19/h1-12,14-15,19,22H,13,16-18H2,(H,33,38)(H,34,39). The van der Waals surface area contributed by atoms with Crippen molar-refractivity contribution >= 4 is 40.5 Å². The average Bonchev–Trinajstić information content (AvgIpc) is 2.95. The van der Waals surface area contributed by atoms with E-state index in [0.717, 1.165) is 24.3 Å². The molecule has 2 amide bonds. The van der Waals surface area contributed by atoms with Gasteiger partial charge in [-0.3, -0.25) is 19.4 Å². The third-order valence-electron chi connectivity index (χ3n) is 7.35. The van der Waals surface area contributed by atoms with E-state index in [1.165, 1.54) is 6.20 Å². The van der Waals surface area contributed by atoms with Crippen LogP contribution >= 0.6 is 11.6 Å². The lowest BCUT2D eigenvalue weighted by Crippen LogP contribution is -2.47. The lowest BCUT2D eigenvalue weighted by molar-refractivity contribution is 0.101. The van der Waals surface area contributed by atoms with Crippen LogP contribution in [0.2, 0.25) is 5.02 Å². The molecule has 0 spiro atoms. The fourth-order valence-corrected chi connectivity index (χ4v) is 5.70. The molecule has 39 heavy (non-hydrogen) atoms. The highest BCUT2D eigenvalue weighted by molar-refractivity contribution is 6.30. The molecule has 2 aromatic carbocycles. The first-order valence-electron chi connectivity index (χ1n) is 12.8. The third-order valence-corrected chi connectivity index (χ3v) is 7.61. The molecule has 4 aromatic rings. The van der Waals surface area contributed by atoms with Gasteiger partial charge in [0.25, 0.3) is 17.4 Å². The summed E-state index contributed by atoms with van der Waals surface area (Å²) in [6.07, 6.45) is 4.13. The Morgan fingerprint density at radius 3 is 2.49 bits per heavy atom. The number of hydrogen-bond acceptors (Lipinski definition) is 5. The predicted octanol–water partition coefficient (Wildman–Crippen LogP) is 5.03. The number of fused-ring (bicyclic) bond motifs is 4. The van der Waals surface area contributed by atoms with E-state index in [4.69, 9.17) is 11.6 Å². The van der Waals surface area contributed by atoms with Gasteiger partial charge in [0, 0.05) is 66.0 Å². The maximum atomic E-state index is 13.1. The number of nitrogens with zero attached hydrogens (tertiary/aromatic N) is 3. The van der Waals surface area contributed by atoms with Crippen molar-refractivity contribution in [2.24, 2.45) is 5.92 Å². The summed E-state index contributed by atoms with van der Waals surface area (Å²) in [5, 5.41) is 6.47. The maximum absolute atomic E-state index is 13.1. The van der Waals surface area contributed by atoms with Crippen LogP contribution in [0.25, 0.3) is 0 Å². The van der Waals surface area contributed by atoms with E-state index in [1.807, 2.05) is 22.8 Å². The van der Waals surface area contributed by atoms with E-state index in [-0.39, 0.29) is 23.3 Å². The molecule has 2 unspecified atom stereocenters. The van der Waals surface area contributed by atoms with Gasteiger partial charge in [0.05, 0.1) is 16.9 Å². The van der Waals surface area contributed by atoms with Gasteiger partial charge in [-0.05, 0) is 73.0 Å². The monoisotopic (exact) mass is 539 g/mol. The number of piperidine rings is 1. The van der Waals surface area contributed by atoms with Gasteiger partial charge in [-0.1, -0.05) is 17.7 Å². The van der Waals surface area contributed by atoms with Gasteiger partial charge < -0.3 is 20.1 Å². The zero-order chi connectivity index (χ0) is 26.9. The molecule has 6 rings (SSSR count). The van der Waals surface area contributed by atoms with E-state index < -0.39 is 0 Å². The lowest BCUT2D eigenvalue weighted by Gasteiger charge is -2.44. The third kappa shape index (κ3) is 5.15. The number of nitrogens with one attached hydrogen (secondary N) is 2. The van der Waals surface area contributed by atoms with Crippen LogP contribution in [-0.2, 0) is 6.54 Å². The van der Waals surface area contributed by atoms with Crippen molar-refractivity contribution in [1.29, 1.82) is 0 Å². The molecule has 0 saturated carbocycles. The van der Waals surface area contributed by atoms with E-state index in [9.17, 15) is 14.4 Å². The zero-order valence-electron chi connectivity index (χ0n) is 21.0. The van der Waals surface area contributed by atoms with Gasteiger partial charge in [-0.15, -0.1) is 0 Å². The minimum atomic E-state index is -0.311. The molecule has 1 saturated heterocycles. The van der Waals surface area contributed by atoms with Crippen LogP contribution in [0.1, 0.15) is 38.7 Å². The van der Waals surface area contributed by atoms with Crippen molar-refractivity contribution in [3.63, 3.8) is 0 Å². The highest BCUT2D eigenvalue weighted by atomic mass is 35.5. The number of rotatable bonds is 5. The van der Waals surface area contributed by atoms with Crippen molar-refractivity contribution in [3.8, 4) is 0 Å². The number of halogens is 1. The molecule has 8 nitrogen and oxygen atoms in total. The van der Waals surface area contributed by atoms with Gasteiger partial charge in [0.1, 0.15) is 0 Å². The van der Waals surface area contributed by atoms with Crippen molar-refractivity contribution in [2.75, 3.05) is 28.6 Å². The summed E-state index contributed by atoms with van der Waals surface area (Å²) in [7, 11) is 0. The van der Waals surface area contributed by atoms with E-state index in [0.29, 0.717) is 46.5 Å². The number of pyridine rings is 2. The average molecular weight is 540 g/mol. The summed E-state index contributed by atoms with van der Waals surface area (Å²) >= 11 is 5.97. The van der Waals surface area contributed by atoms with E-state index in [1.54, 1.807) is 60.8 Å². The predicted molar refractivity (Wildman–Crippen MR) is 152 cm³/mol. The molecule has 9 heteroatoms. The summed E-state index contributed by atoms with van der Waals surface area (Å²) in [5.74, 6) is -0.120. The highest BCUT2D eigenvalue weighted by Gasteiger charge is 2.35. The van der Waals surface area contributed by atoms with Crippen molar-refractivity contribution in [3.05, 3.63) is 117 Å². The summed E-state index contributed by atoms with van der Waals surface area (Å²) in [4.78, 5) is 45.0. The summed E-state index contributed by atoms with van der Waals surface area (Å²) in [5.41, 5.74) is 3.90. The normalized spacial score (nSPS) is 17.7. The number of anilines is 3. The Morgan fingerprint density at radius 2 is 1.69 bits per heavy atom. The molecule has 2 atom stereocenters. The molecule has 2 N–H and O–H groups in total. The highest BCUT2D eigenvalue weighted by Crippen LogP contribution is 2.39. The number of benzene rings is 2. The van der Waals surface area contributed by atoms with Crippen LogP contribution in [0.3, 0.4) is 0 Å². The fraction of sp³-hybridized carbons (Fsp3) is 0.200. The molecule has 4 heterocycles. The first-order valence-corrected chi connectivity index (χ1v) is 13.2. The minimum absolute atomic E-state index is 0.0381. The first kappa shape index (κ1) is 24.9. The zero-order valence-corrected chi connectivity index (χ0v) is 21.8. The quantitative estimate of drug-likeness (QED) is 0.371. The van der Waals surface area contributed by atoms with Crippen molar-refractivity contribution < 1.29 is 9.59 Å². The van der Waals surface area contributed by atoms with Crippen LogP contribution in [-0.4, -0.2) is 34.5 Å². The Hall–Kier alpha value is -4.43. The summed E-state index contributed by atoms with van der Waals surface area (Å²) < 4.78 is 1.89. The Bertz CT molecular complexity index is 1600. The second-order valence-electron chi connectivity index (χ2n) is 9.99. The van der Waals surface area contributed by atoms with E-state index in [2.05, 4.69) is 20.5 Å². The molecular weight excluding hydrogens is 514 g/mol. The largest absolute Gasteiger partial charge is 0.369 e. The Labute approximate surface area is 230 Å². The van der Waals surface area contributed by atoms with Gasteiger partial charge >= 0.3 is 0 Å². The van der Waals surface area contributed by atoms with Crippen LogP contribution in [0.4, 0.5) is 17.1 Å². The molecule has 2 bridgehead atoms. The molecule has 2 aliphatic rings. The smallest absolute Gasteiger partial charge is 0.257 e. The van der Waals surface area contributed by atoms with Gasteiger partial charge in [0.2, 0.25) is 0 Å². The SMILES string of the molecule is O=C(Nc1ccc(Cl)cc1)c1ccc(N2CC3CC(C2)c2cccc(=O)n2C3)c(NC(=O)c2cccnc2)c1. The Kier molecular flexibility index (Phi) is 6.62. The lowest BCUT2D eigenvalue weighted by atomic mass is 9.83. The molecule has 1 fully saturated rings. The second kappa shape index (κ2) is 10.4.